The van der Waals surface area contributed by atoms with E-state index < -0.39 is 5.60 Å². The molecule has 0 aromatic carbocycles. The highest BCUT2D eigenvalue weighted by molar-refractivity contribution is 5.80. The molecule has 0 atom stereocenters. The third-order valence-corrected chi connectivity index (χ3v) is 4.95. The van der Waals surface area contributed by atoms with Crippen molar-refractivity contribution in [2.45, 2.75) is 91.3 Å². The van der Waals surface area contributed by atoms with E-state index in [1.54, 1.807) is 0 Å². The van der Waals surface area contributed by atoms with Crippen molar-refractivity contribution in [2.24, 2.45) is 4.99 Å². The minimum Gasteiger partial charge on any atom is -0.444 e. The highest BCUT2D eigenvalue weighted by Crippen LogP contribution is 2.19. The van der Waals surface area contributed by atoms with Crippen LogP contribution >= 0.6 is 0 Å². The third kappa shape index (κ3) is 7.95. The van der Waals surface area contributed by atoms with Crippen molar-refractivity contribution in [1.82, 2.24) is 21.1 Å². The Balaban J connectivity index is 1.79. The van der Waals surface area contributed by atoms with Gasteiger partial charge < -0.3 is 25.2 Å². The third-order valence-electron chi connectivity index (χ3n) is 4.95. The summed E-state index contributed by atoms with van der Waals surface area (Å²) in [5, 5.41) is 13.8. The Kier molecular flexibility index (Phi) is 8.34. The first kappa shape index (κ1) is 23.0. The van der Waals surface area contributed by atoms with Gasteiger partial charge in [-0.25, -0.2) is 4.79 Å². The van der Waals surface area contributed by atoms with Crippen molar-refractivity contribution in [1.29, 1.82) is 0 Å². The van der Waals surface area contributed by atoms with Gasteiger partial charge in [0.05, 0.1) is 5.69 Å². The molecule has 0 aliphatic heterocycles. The fourth-order valence-corrected chi connectivity index (χ4v) is 3.51. The topological polar surface area (TPSA) is 101 Å². The Morgan fingerprint density at radius 1 is 1.17 bits per heavy atom. The van der Waals surface area contributed by atoms with Crippen LogP contribution in [0.25, 0.3) is 0 Å². The summed E-state index contributed by atoms with van der Waals surface area (Å²) in [6.45, 7) is 13.1. The zero-order valence-corrected chi connectivity index (χ0v) is 18.7. The van der Waals surface area contributed by atoms with Gasteiger partial charge in [-0.1, -0.05) is 5.16 Å². The number of rotatable bonds is 6. The van der Waals surface area contributed by atoms with Crippen LogP contribution in [-0.2, 0) is 11.2 Å². The van der Waals surface area contributed by atoms with Gasteiger partial charge in [0.2, 0.25) is 0 Å². The van der Waals surface area contributed by atoms with Crippen LogP contribution in [0, 0.1) is 13.8 Å². The van der Waals surface area contributed by atoms with Gasteiger partial charge in [0.25, 0.3) is 0 Å². The molecule has 3 N–H and O–H groups in total. The average molecular weight is 408 g/mol. The second-order valence-electron chi connectivity index (χ2n) is 8.65. The van der Waals surface area contributed by atoms with E-state index in [0.717, 1.165) is 61.6 Å². The largest absolute Gasteiger partial charge is 0.444 e. The molecular formula is C21H37N5O3. The van der Waals surface area contributed by atoms with E-state index in [9.17, 15) is 4.79 Å². The van der Waals surface area contributed by atoms with Crippen LogP contribution < -0.4 is 16.0 Å². The lowest BCUT2D eigenvalue weighted by Gasteiger charge is -2.31. The van der Waals surface area contributed by atoms with Gasteiger partial charge in [-0.15, -0.1) is 0 Å². The quantitative estimate of drug-likeness (QED) is 0.494. The monoisotopic (exact) mass is 407 g/mol. The number of guanidine groups is 1. The minimum atomic E-state index is -0.469. The highest BCUT2D eigenvalue weighted by atomic mass is 16.6. The second kappa shape index (κ2) is 10.5. The predicted octanol–water partition coefficient (Wildman–Crippen LogP) is 3.22. The number of carbonyl (C=O) groups is 1. The number of carbonyl (C=O) groups excluding carboxylic acids is 1. The number of aromatic nitrogens is 1. The van der Waals surface area contributed by atoms with E-state index in [4.69, 9.17) is 14.3 Å². The fourth-order valence-electron chi connectivity index (χ4n) is 3.51. The number of ether oxygens (including phenoxy) is 1. The van der Waals surface area contributed by atoms with Crippen LogP contribution in [0.15, 0.2) is 9.52 Å². The number of aliphatic imine (C=N–C) groups is 1. The first-order valence-electron chi connectivity index (χ1n) is 10.6. The molecule has 0 radical (unpaired) electrons. The number of hydrogen-bond donors (Lipinski definition) is 3. The number of aryl methyl sites for hydroxylation is 2. The molecule has 1 saturated carbocycles. The Morgan fingerprint density at radius 3 is 2.31 bits per heavy atom. The summed E-state index contributed by atoms with van der Waals surface area (Å²) in [4.78, 5) is 16.7. The molecule has 1 aliphatic carbocycles. The molecule has 8 heteroatoms. The zero-order chi connectivity index (χ0) is 21.4. The fraction of sp³-hybridized carbons (Fsp3) is 0.762. The van der Waals surface area contributed by atoms with E-state index in [1.807, 2.05) is 34.6 Å². The minimum absolute atomic E-state index is 0.168. The van der Waals surface area contributed by atoms with Gasteiger partial charge in [0, 0.05) is 30.7 Å². The van der Waals surface area contributed by atoms with Gasteiger partial charge in [-0.05, 0) is 73.6 Å². The van der Waals surface area contributed by atoms with E-state index in [0.29, 0.717) is 12.6 Å². The maximum atomic E-state index is 11.9. The molecule has 0 saturated heterocycles. The van der Waals surface area contributed by atoms with Crippen molar-refractivity contribution in [3.63, 3.8) is 0 Å². The van der Waals surface area contributed by atoms with Crippen molar-refractivity contribution in [2.75, 3.05) is 13.1 Å². The van der Waals surface area contributed by atoms with E-state index >= 15 is 0 Å². The van der Waals surface area contributed by atoms with Crippen LogP contribution in [0.5, 0.6) is 0 Å². The summed E-state index contributed by atoms with van der Waals surface area (Å²) in [6, 6.07) is 0.519. The summed E-state index contributed by atoms with van der Waals surface area (Å²) in [6.07, 6.45) is 4.29. The normalized spacial score (nSPS) is 20.3. The Morgan fingerprint density at radius 2 is 1.79 bits per heavy atom. The van der Waals surface area contributed by atoms with Crippen LogP contribution in [0.3, 0.4) is 0 Å². The molecule has 1 aromatic heterocycles. The molecule has 1 heterocycles. The summed E-state index contributed by atoms with van der Waals surface area (Å²) in [5.74, 6) is 1.70. The average Bonchev–Trinajstić information content (AvgIpc) is 2.94. The lowest BCUT2D eigenvalue weighted by atomic mass is 9.91. The van der Waals surface area contributed by atoms with Crippen LogP contribution in [-0.4, -0.2) is 48.0 Å². The van der Waals surface area contributed by atoms with Gasteiger partial charge in [-0.2, -0.15) is 0 Å². The molecule has 1 aromatic rings. The molecule has 0 bridgehead atoms. The van der Waals surface area contributed by atoms with Gasteiger partial charge in [0.1, 0.15) is 11.4 Å². The van der Waals surface area contributed by atoms with Crippen LogP contribution in [0.2, 0.25) is 0 Å². The maximum Gasteiger partial charge on any atom is 0.407 e. The van der Waals surface area contributed by atoms with Crippen molar-refractivity contribution < 1.29 is 14.1 Å². The number of nitrogens with one attached hydrogen (secondary N) is 3. The summed E-state index contributed by atoms with van der Waals surface area (Å²) in [5.41, 5.74) is 1.61. The molecule has 29 heavy (non-hydrogen) atoms. The molecule has 1 amide bonds. The lowest BCUT2D eigenvalue weighted by Crippen LogP contribution is -2.48. The Hall–Kier alpha value is -2.25. The SMILES string of the molecule is CCNC(=NCCc1c(C)noc1C)NC1CCC(NC(=O)OC(C)(C)C)CC1. The summed E-state index contributed by atoms with van der Waals surface area (Å²) < 4.78 is 10.6. The van der Waals surface area contributed by atoms with Crippen molar-refractivity contribution in [3.8, 4) is 0 Å². The van der Waals surface area contributed by atoms with Gasteiger partial charge in [0.15, 0.2) is 5.96 Å². The molecule has 0 unspecified atom stereocenters. The van der Waals surface area contributed by atoms with Crippen molar-refractivity contribution in [3.05, 3.63) is 17.0 Å². The first-order chi connectivity index (χ1) is 13.7. The van der Waals surface area contributed by atoms with Gasteiger partial charge >= 0.3 is 6.09 Å². The standard InChI is InChI=1S/C21H37N5O3/c1-7-22-19(23-13-12-18-14(2)26-29-15(18)3)24-16-8-10-17(11-9-16)25-20(27)28-21(4,5)6/h16-17H,7-13H2,1-6H3,(H,25,27)(H2,22,23,24). The number of nitrogens with zero attached hydrogens (tertiary/aromatic N) is 2. The molecule has 164 valence electrons. The Labute approximate surface area is 174 Å². The Bertz CT molecular complexity index is 665. The number of amides is 1. The second-order valence-corrected chi connectivity index (χ2v) is 8.65. The van der Waals surface area contributed by atoms with Crippen molar-refractivity contribution >= 4 is 12.1 Å². The molecule has 0 spiro atoms. The molecule has 1 aliphatic rings. The van der Waals surface area contributed by atoms with E-state index in [2.05, 4.69) is 28.0 Å². The van der Waals surface area contributed by atoms with E-state index in [1.165, 1.54) is 0 Å². The predicted molar refractivity (Wildman–Crippen MR) is 114 cm³/mol. The number of hydrogen-bond acceptors (Lipinski definition) is 5. The molecular weight excluding hydrogens is 370 g/mol. The maximum absolute atomic E-state index is 11.9. The summed E-state index contributed by atoms with van der Waals surface area (Å²) >= 11 is 0. The molecule has 8 nitrogen and oxygen atoms in total. The first-order valence-corrected chi connectivity index (χ1v) is 10.6. The van der Waals surface area contributed by atoms with Crippen LogP contribution in [0.4, 0.5) is 4.79 Å². The van der Waals surface area contributed by atoms with Crippen LogP contribution in [0.1, 0.15) is 70.4 Å². The zero-order valence-electron chi connectivity index (χ0n) is 18.7. The smallest absolute Gasteiger partial charge is 0.407 e. The number of alkyl carbamates (subject to hydrolysis) is 1. The highest BCUT2D eigenvalue weighted by Gasteiger charge is 2.25. The molecule has 1 fully saturated rings. The summed E-state index contributed by atoms with van der Waals surface area (Å²) in [7, 11) is 0. The lowest BCUT2D eigenvalue weighted by molar-refractivity contribution is 0.0490. The van der Waals surface area contributed by atoms with Gasteiger partial charge in [-0.3, -0.25) is 4.99 Å². The van der Waals surface area contributed by atoms with E-state index in [-0.39, 0.29) is 12.1 Å². The molecule has 2 rings (SSSR count).